The van der Waals surface area contributed by atoms with Gasteiger partial charge in [-0.3, -0.25) is 0 Å². The van der Waals surface area contributed by atoms with Gasteiger partial charge < -0.3 is 18.9 Å². The summed E-state index contributed by atoms with van der Waals surface area (Å²) in [5.41, 5.74) is 45.4. The quantitative estimate of drug-likeness (QED) is 0.154. The van der Waals surface area contributed by atoms with Crippen LogP contribution in [-0.2, 0) is 27.1 Å². The minimum absolute atomic E-state index is 0.144. The molecular weight excluding hydrogens is 1460 g/mol. The van der Waals surface area contributed by atoms with Gasteiger partial charge in [0.25, 0.3) is 6.71 Å². The smallest absolute Gasteiger partial charge is 0.252 e. The monoisotopic (exact) mass is 1550 g/mol. The maximum Gasteiger partial charge on any atom is 0.252 e. The third-order valence-corrected chi connectivity index (χ3v) is 28.4. The molecule has 0 N–H and O–H groups in total. The summed E-state index contributed by atoms with van der Waals surface area (Å²) in [6, 6.07) is 142. The molecule has 19 aromatic rings. The summed E-state index contributed by atoms with van der Waals surface area (Å²) in [5.74, 6) is 0. The molecule has 0 saturated carbocycles. The van der Waals surface area contributed by atoms with E-state index in [1.54, 1.807) is 0 Å². The fraction of sp³-hybridized carbons (Fsp3) is 0.121. The Labute approximate surface area is 707 Å². The molecule has 574 valence electrons. The van der Waals surface area contributed by atoms with Crippen LogP contribution in [0.1, 0.15) is 124 Å². The number of anilines is 6. The zero-order valence-electron chi connectivity index (χ0n) is 69.5. The van der Waals surface area contributed by atoms with Crippen LogP contribution in [0.5, 0.6) is 0 Å². The lowest BCUT2D eigenvalue weighted by atomic mass is 9.33. The van der Waals surface area contributed by atoms with Crippen molar-refractivity contribution in [2.24, 2.45) is 0 Å². The molecule has 0 fully saturated rings. The van der Waals surface area contributed by atoms with E-state index in [0.717, 1.165) is 34.1 Å². The first-order valence-corrected chi connectivity index (χ1v) is 43.2. The average Bonchev–Trinajstić information content (AvgIpc) is 1.59. The fourth-order valence-corrected chi connectivity index (χ4v) is 23.0. The molecule has 5 heteroatoms. The van der Waals surface area contributed by atoms with Crippen LogP contribution in [0.15, 0.2) is 364 Å². The van der Waals surface area contributed by atoms with Crippen LogP contribution in [0.3, 0.4) is 0 Å². The summed E-state index contributed by atoms with van der Waals surface area (Å²) in [6.07, 6.45) is 0. The van der Waals surface area contributed by atoms with Crippen molar-refractivity contribution in [3.8, 4) is 78.1 Å². The highest BCUT2D eigenvalue weighted by molar-refractivity contribution is 7.00. The van der Waals surface area contributed by atoms with Crippen molar-refractivity contribution in [1.29, 1.82) is 0 Å². The Morgan fingerprint density at radius 2 is 0.537 bits per heavy atom. The third kappa shape index (κ3) is 9.47. The standard InChI is InChI=1S/C116H87BN4/c1-112(2,3)72-52-58-103(85(60-72)70-32-12-10-13-33-70)120-107-64-75(118-101-50-30-22-42-83(101)89-66-87-81-40-20-28-48-95(81)115(97(87)68-105(89)118)91-44-24-16-36-77(91)78-37-17-25-45-92(78)115)54-56-99(107)117-100-57-55-76(65-108(100)121(110-63-74(114(7,8)9)62-109(120)111(110)117)104-59-53-73(113(4,5)6)61-86(104)71-34-14-11-15-35-71)119-102-51-31-23-43-84(102)90-67-88-82-41-21-29-49-96(82)116(98(88)69-106(90)119)93-46-26-18-38-79(93)80-39-19-27-47-94(80)116/h10-69H,1-9H3. The molecule has 2 aromatic heterocycles. The maximum absolute atomic E-state index is 2.71. The van der Waals surface area contributed by atoms with Crippen molar-refractivity contribution in [2.45, 2.75) is 89.4 Å². The molecule has 0 atom stereocenters. The van der Waals surface area contributed by atoms with Gasteiger partial charge in [-0.2, -0.15) is 0 Å². The minimum atomic E-state index is -0.536. The molecule has 4 nitrogen and oxygen atoms in total. The summed E-state index contributed by atoms with van der Waals surface area (Å²) < 4.78 is 5.22. The molecule has 2 spiro atoms. The second-order valence-corrected chi connectivity index (χ2v) is 37.8. The van der Waals surface area contributed by atoms with E-state index in [2.05, 4.69) is 445 Å². The van der Waals surface area contributed by atoms with E-state index in [1.807, 2.05) is 0 Å². The molecule has 25 rings (SSSR count). The summed E-state index contributed by atoms with van der Waals surface area (Å²) in [4.78, 5) is 5.42. The van der Waals surface area contributed by atoms with Gasteiger partial charge in [0, 0.05) is 66.8 Å². The van der Waals surface area contributed by atoms with E-state index in [0.29, 0.717) is 0 Å². The number of fused-ring (bicyclic) bond motifs is 30. The zero-order valence-corrected chi connectivity index (χ0v) is 69.5. The van der Waals surface area contributed by atoms with Gasteiger partial charge in [0.05, 0.1) is 44.3 Å². The van der Waals surface area contributed by atoms with E-state index in [1.165, 1.54) is 199 Å². The second-order valence-electron chi connectivity index (χ2n) is 37.8. The number of nitrogens with zero attached hydrogens (tertiary/aromatic N) is 4. The van der Waals surface area contributed by atoms with Crippen LogP contribution in [0.4, 0.5) is 34.1 Å². The summed E-state index contributed by atoms with van der Waals surface area (Å²) in [5, 5.41) is 4.92. The molecule has 121 heavy (non-hydrogen) atoms. The molecule has 2 aliphatic heterocycles. The summed E-state index contributed by atoms with van der Waals surface area (Å²) in [7, 11) is 0. The van der Waals surface area contributed by atoms with Crippen molar-refractivity contribution in [3.05, 3.63) is 425 Å². The highest BCUT2D eigenvalue weighted by Gasteiger charge is 2.55. The van der Waals surface area contributed by atoms with Crippen LogP contribution in [0, 0.1) is 0 Å². The number of benzene rings is 17. The zero-order chi connectivity index (χ0) is 81.1. The molecule has 0 bridgehead atoms. The van der Waals surface area contributed by atoms with Crippen molar-refractivity contribution in [1.82, 2.24) is 9.13 Å². The van der Waals surface area contributed by atoms with E-state index in [9.17, 15) is 0 Å². The van der Waals surface area contributed by atoms with Gasteiger partial charge >= 0.3 is 0 Å². The molecule has 0 saturated heterocycles. The van der Waals surface area contributed by atoms with Crippen molar-refractivity contribution in [3.63, 3.8) is 0 Å². The predicted molar refractivity (Wildman–Crippen MR) is 509 cm³/mol. The molecule has 6 aliphatic rings. The Morgan fingerprint density at radius 3 is 0.893 bits per heavy atom. The normalized spacial score (nSPS) is 14.4. The number of hydrogen-bond donors (Lipinski definition) is 0. The Balaban J connectivity index is 0.789. The molecule has 0 radical (unpaired) electrons. The largest absolute Gasteiger partial charge is 0.311 e. The Kier molecular flexibility index (Phi) is 14.4. The first-order valence-electron chi connectivity index (χ1n) is 43.2. The van der Waals surface area contributed by atoms with Crippen LogP contribution in [-0.4, -0.2) is 15.8 Å². The molecule has 4 heterocycles. The average molecular weight is 1550 g/mol. The third-order valence-electron chi connectivity index (χ3n) is 28.4. The maximum atomic E-state index is 2.71. The Hall–Kier alpha value is -14.0. The van der Waals surface area contributed by atoms with Gasteiger partial charge in [-0.1, -0.05) is 329 Å². The minimum Gasteiger partial charge on any atom is -0.311 e. The lowest BCUT2D eigenvalue weighted by molar-refractivity contribution is 0.590. The SMILES string of the molecule is CC(C)(C)c1ccc(N2c3cc(-n4c5ccccc5c5cc6c(cc54)C4(c5ccccc5-c5ccccc54)c4ccccc4-6)ccc3B3c4ccc(-n5c6ccccc6c6cc7c(cc65)C5(c6ccccc6-c6ccccc65)c5ccccc5-7)cc4N(c4ccc(C(C)(C)C)cc4-c4ccccc4)c4cc(C(C)(C)C)cc2c43)c(-c2ccccc2)c1. The first-order chi connectivity index (χ1) is 58.9. The molecule has 0 unspecified atom stereocenters. The number of hydrogen-bond acceptors (Lipinski definition) is 2. The summed E-state index contributed by atoms with van der Waals surface area (Å²) >= 11 is 0. The van der Waals surface area contributed by atoms with Gasteiger partial charge in [0.15, 0.2) is 0 Å². The molecule has 4 aliphatic carbocycles. The topological polar surface area (TPSA) is 16.3 Å². The Bertz CT molecular complexity index is 7200. The molecular formula is C116H87BN4. The first kappa shape index (κ1) is 70.1. The molecule has 0 amide bonds. The van der Waals surface area contributed by atoms with Crippen LogP contribution in [0.2, 0.25) is 0 Å². The fourth-order valence-electron chi connectivity index (χ4n) is 23.0. The highest BCUT2D eigenvalue weighted by Crippen LogP contribution is 2.66. The van der Waals surface area contributed by atoms with Gasteiger partial charge in [0.1, 0.15) is 0 Å². The van der Waals surface area contributed by atoms with Crippen LogP contribution >= 0.6 is 0 Å². The van der Waals surface area contributed by atoms with Crippen LogP contribution < -0.4 is 26.2 Å². The van der Waals surface area contributed by atoms with E-state index < -0.39 is 10.8 Å². The van der Waals surface area contributed by atoms with Gasteiger partial charge in [-0.05, 0) is 247 Å². The van der Waals surface area contributed by atoms with E-state index >= 15 is 0 Å². The van der Waals surface area contributed by atoms with E-state index in [4.69, 9.17) is 0 Å². The highest BCUT2D eigenvalue weighted by atomic mass is 15.2. The number of para-hydroxylation sites is 2. The van der Waals surface area contributed by atoms with Gasteiger partial charge in [-0.15, -0.1) is 0 Å². The van der Waals surface area contributed by atoms with Crippen LogP contribution in [0.25, 0.3) is 122 Å². The van der Waals surface area contributed by atoms with Crippen molar-refractivity contribution < 1.29 is 0 Å². The lowest BCUT2D eigenvalue weighted by Gasteiger charge is -2.46. The predicted octanol–water partition coefficient (Wildman–Crippen LogP) is 27.9. The second kappa shape index (κ2) is 24.8. The van der Waals surface area contributed by atoms with Gasteiger partial charge in [0.2, 0.25) is 0 Å². The van der Waals surface area contributed by atoms with Gasteiger partial charge in [-0.25, -0.2) is 0 Å². The van der Waals surface area contributed by atoms with Crippen molar-refractivity contribution in [2.75, 3.05) is 9.80 Å². The molecule has 17 aromatic carbocycles. The van der Waals surface area contributed by atoms with Crippen molar-refractivity contribution >= 4 is 101 Å². The summed E-state index contributed by atoms with van der Waals surface area (Å²) in [6.45, 7) is 21.1. The number of aromatic nitrogens is 2. The Morgan fingerprint density at radius 1 is 0.215 bits per heavy atom. The number of rotatable bonds is 6. The lowest BCUT2D eigenvalue weighted by Crippen LogP contribution is -2.61. The van der Waals surface area contributed by atoms with E-state index in [-0.39, 0.29) is 23.0 Å².